The van der Waals surface area contributed by atoms with Crippen molar-refractivity contribution in [2.45, 2.75) is 12.5 Å². The van der Waals surface area contributed by atoms with Crippen molar-refractivity contribution in [1.82, 2.24) is 0 Å². The molecular formula is C12H17NO4. The number of rotatable bonds is 6. The van der Waals surface area contributed by atoms with E-state index in [9.17, 15) is 4.79 Å². The molecule has 0 unspecified atom stereocenters. The summed E-state index contributed by atoms with van der Waals surface area (Å²) < 4.78 is 9.66. The van der Waals surface area contributed by atoms with Crippen molar-refractivity contribution in [3.8, 4) is 5.75 Å². The lowest BCUT2D eigenvalue weighted by molar-refractivity contribution is -0.146. The summed E-state index contributed by atoms with van der Waals surface area (Å²) >= 11 is 0. The van der Waals surface area contributed by atoms with E-state index < -0.39 is 12.0 Å². The maximum Gasteiger partial charge on any atom is 0.323 e. The largest absolute Gasteiger partial charge is 0.508 e. The van der Waals surface area contributed by atoms with E-state index in [1.54, 1.807) is 24.3 Å². The molecule has 0 spiro atoms. The van der Waals surface area contributed by atoms with E-state index in [-0.39, 0.29) is 12.4 Å². The Morgan fingerprint density at radius 3 is 2.59 bits per heavy atom. The van der Waals surface area contributed by atoms with E-state index in [0.29, 0.717) is 13.0 Å². The van der Waals surface area contributed by atoms with Crippen molar-refractivity contribution in [3.05, 3.63) is 29.8 Å². The fourth-order valence-electron chi connectivity index (χ4n) is 1.30. The highest BCUT2D eigenvalue weighted by molar-refractivity contribution is 5.75. The lowest BCUT2D eigenvalue weighted by Crippen LogP contribution is -2.34. The number of esters is 1. The van der Waals surface area contributed by atoms with Gasteiger partial charge in [0.05, 0.1) is 6.61 Å². The Kier molecular flexibility index (Phi) is 5.45. The van der Waals surface area contributed by atoms with Gasteiger partial charge in [-0.25, -0.2) is 0 Å². The number of phenols is 1. The second-order valence-corrected chi connectivity index (χ2v) is 3.64. The van der Waals surface area contributed by atoms with Crippen molar-refractivity contribution < 1.29 is 19.4 Å². The van der Waals surface area contributed by atoms with Crippen molar-refractivity contribution in [3.63, 3.8) is 0 Å². The molecule has 17 heavy (non-hydrogen) atoms. The van der Waals surface area contributed by atoms with Gasteiger partial charge in [-0.15, -0.1) is 0 Å². The SMILES string of the molecule is COCCOC(=O)[C@@H](N)Cc1ccc(O)cc1. The summed E-state index contributed by atoms with van der Waals surface area (Å²) in [6, 6.07) is 5.85. The minimum atomic E-state index is -0.698. The van der Waals surface area contributed by atoms with Crippen molar-refractivity contribution in [1.29, 1.82) is 0 Å². The fraction of sp³-hybridized carbons (Fsp3) is 0.417. The minimum absolute atomic E-state index is 0.185. The molecule has 0 aliphatic rings. The Hall–Kier alpha value is -1.59. The molecule has 0 aliphatic carbocycles. The number of ether oxygens (including phenoxy) is 2. The Balaban J connectivity index is 2.40. The van der Waals surface area contributed by atoms with E-state index in [0.717, 1.165) is 5.56 Å². The van der Waals surface area contributed by atoms with Crippen LogP contribution in [0, 0.1) is 0 Å². The first-order valence-electron chi connectivity index (χ1n) is 5.32. The fourth-order valence-corrected chi connectivity index (χ4v) is 1.30. The van der Waals surface area contributed by atoms with E-state index in [2.05, 4.69) is 0 Å². The van der Waals surface area contributed by atoms with Crippen LogP contribution in [0.25, 0.3) is 0 Å². The van der Waals surface area contributed by atoms with E-state index in [1.807, 2.05) is 0 Å². The number of carbonyl (C=O) groups excluding carboxylic acids is 1. The predicted molar refractivity (Wildman–Crippen MR) is 62.6 cm³/mol. The Morgan fingerprint density at radius 1 is 1.35 bits per heavy atom. The van der Waals surface area contributed by atoms with Crippen LogP contribution in [0.3, 0.4) is 0 Å². The first-order chi connectivity index (χ1) is 8.13. The molecule has 1 aromatic rings. The number of aromatic hydroxyl groups is 1. The van der Waals surface area contributed by atoms with Crippen LogP contribution in [-0.2, 0) is 20.7 Å². The highest BCUT2D eigenvalue weighted by atomic mass is 16.6. The summed E-state index contributed by atoms with van der Waals surface area (Å²) in [5.41, 5.74) is 6.57. The van der Waals surface area contributed by atoms with E-state index >= 15 is 0 Å². The molecule has 0 saturated carbocycles. The third kappa shape index (κ3) is 4.84. The van der Waals surface area contributed by atoms with Crippen LogP contribution in [0.2, 0.25) is 0 Å². The van der Waals surface area contributed by atoms with Gasteiger partial charge in [-0.3, -0.25) is 4.79 Å². The summed E-state index contributed by atoms with van der Waals surface area (Å²) in [5.74, 6) is -0.264. The topological polar surface area (TPSA) is 81.8 Å². The van der Waals surface area contributed by atoms with Gasteiger partial charge in [-0.05, 0) is 24.1 Å². The van der Waals surface area contributed by atoms with Gasteiger partial charge in [0.1, 0.15) is 18.4 Å². The van der Waals surface area contributed by atoms with E-state index in [4.69, 9.17) is 20.3 Å². The van der Waals surface area contributed by atoms with Crippen molar-refractivity contribution in [2.24, 2.45) is 5.73 Å². The van der Waals surface area contributed by atoms with Crippen LogP contribution >= 0.6 is 0 Å². The molecule has 1 aromatic carbocycles. The lowest BCUT2D eigenvalue weighted by atomic mass is 10.1. The third-order valence-corrected chi connectivity index (χ3v) is 2.23. The number of phenolic OH excluding ortho intramolecular Hbond substituents is 1. The summed E-state index contributed by atoms with van der Waals surface area (Å²) in [6.45, 7) is 0.566. The quantitative estimate of drug-likeness (QED) is 0.556. The average molecular weight is 239 g/mol. The lowest BCUT2D eigenvalue weighted by Gasteiger charge is -2.11. The Labute approximate surface area is 100 Å². The van der Waals surface area contributed by atoms with E-state index in [1.165, 1.54) is 7.11 Å². The molecule has 5 heteroatoms. The molecule has 94 valence electrons. The molecule has 5 nitrogen and oxygen atoms in total. The molecule has 0 amide bonds. The monoisotopic (exact) mass is 239 g/mol. The second-order valence-electron chi connectivity index (χ2n) is 3.64. The van der Waals surface area contributed by atoms with Gasteiger partial charge >= 0.3 is 5.97 Å². The van der Waals surface area contributed by atoms with Gasteiger partial charge in [-0.2, -0.15) is 0 Å². The molecule has 3 N–H and O–H groups in total. The van der Waals surface area contributed by atoms with Gasteiger partial charge in [0, 0.05) is 7.11 Å². The molecule has 0 bridgehead atoms. The van der Waals surface area contributed by atoms with Gasteiger partial charge in [0.25, 0.3) is 0 Å². The van der Waals surface area contributed by atoms with Crippen LogP contribution in [0.15, 0.2) is 24.3 Å². The number of carbonyl (C=O) groups is 1. The number of methoxy groups -OCH3 is 1. The average Bonchev–Trinajstić information content (AvgIpc) is 2.32. The maximum atomic E-state index is 11.4. The molecule has 0 fully saturated rings. The summed E-state index contributed by atoms with van der Waals surface area (Å²) in [6.07, 6.45) is 0.381. The number of hydrogen-bond acceptors (Lipinski definition) is 5. The third-order valence-electron chi connectivity index (χ3n) is 2.23. The van der Waals surface area contributed by atoms with Crippen LogP contribution in [0.5, 0.6) is 5.75 Å². The molecule has 1 atom stereocenters. The minimum Gasteiger partial charge on any atom is -0.508 e. The Morgan fingerprint density at radius 2 is 2.00 bits per heavy atom. The molecule has 0 heterocycles. The standard InChI is InChI=1S/C12H17NO4/c1-16-6-7-17-12(15)11(13)8-9-2-4-10(14)5-3-9/h2-5,11,14H,6-8,13H2,1H3/t11-/m0/s1. The molecule has 0 aromatic heterocycles. The van der Waals surface area contributed by atoms with Crippen LogP contribution in [-0.4, -0.2) is 37.4 Å². The van der Waals surface area contributed by atoms with Gasteiger partial charge in [-0.1, -0.05) is 12.1 Å². The molecule has 0 aliphatic heterocycles. The van der Waals surface area contributed by atoms with Crippen molar-refractivity contribution in [2.75, 3.05) is 20.3 Å². The highest BCUT2D eigenvalue weighted by Gasteiger charge is 2.15. The highest BCUT2D eigenvalue weighted by Crippen LogP contribution is 2.11. The van der Waals surface area contributed by atoms with Crippen LogP contribution in [0.4, 0.5) is 0 Å². The van der Waals surface area contributed by atoms with Crippen LogP contribution < -0.4 is 5.73 Å². The summed E-state index contributed by atoms with van der Waals surface area (Å²) in [7, 11) is 1.53. The van der Waals surface area contributed by atoms with Crippen LogP contribution in [0.1, 0.15) is 5.56 Å². The maximum absolute atomic E-state index is 11.4. The van der Waals surface area contributed by atoms with Gasteiger partial charge in [0.15, 0.2) is 0 Å². The molecule has 0 saturated heterocycles. The zero-order valence-electron chi connectivity index (χ0n) is 9.76. The number of benzene rings is 1. The zero-order chi connectivity index (χ0) is 12.7. The second kappa shape index (κ2) is 6.88. The predicted octanol–water partition coefficient (Wildman–Crippen LogP) is 0.452. The number of hydrogen-bond donors (Lipinski definition) is 2. The Bertz CT molecular complexity index is 350. The molecule has 1 rings (SSSR count). The first-order valence-corrected chi connectivity index (χ1v) is 5.32. The summed E-state index contributed by atoms with van der Waals surface area (Å²) in [5, 5.41) is 9.11. The van der Waals surface area contributed by atoms with Gasteiger partial charge in [0.2, 0.25) is 0 Å². The normalized spacial score (nSPS) is 12.1. The number of nitrogens with two attached hydrogens (primary N) is 1. The molecule has 0 radical (unpaired) electrons. The first kappa shape index (κ1) is 13.5. The van der Waals surface area contributed by atoms with Crippen molar-refractivity contribution >= 4 is 5.97 Å². The molecular weight excluding hydrogens is 222 g/mol. The zero-order valence-corrected chi connectivity index (χ0v) is 9.76. The van der Waals surface area contributed by atoms with Gasteiger partial charge < -0.3 is 20.3 Å². The summed E-state index contributed by atoms with van der Waals surface area (Å²) in [4.78, 5) is 11.4. The smallest absolute Gasteiger partial charge is 0.323 e.